The molecule has 5 heteroatoms. The van der Waals surface area contributed by atoms with Gasteiger partial charge in [0.15, 0.2) is 0 Å². The van der Waals surface area contributed by atoms with Gasteiger partial charge in [0.2, 0.25) is 0 Å². The van der Waals surface area contributed by atoms with Gasteiger partial charge in [-0.25, -0.2) is 0 Å². The van der Waals surface area contributed by atoms with Crippen LogP contribution in [-0.2, 0) is 0 Å². The maximum absolute atomic E-state index is 11.9. The number of hydrogen-bond donors (Lipinski definition) is 3. The van der Waals surface area contributed by atoms with Crippen LogP contribution in [0.1, 0.15) is 30.6 Å². The molecule has 92 valence electrons. The molecule has 0 spiro atoms. The summed E-state index contributed by atoms with van der Waals surface area (Å²) < 4.78 is 0. The second-order valence-corrected chi connectivity index (χ2v) is 5.17. The van der Waals surface area contributed by atoms with Crippen molar-refractivity contribution in [3.8, 4) is 0 Å². The lowest BCUT2D eigenvalue weighted by Crippen LogP contribution is -2.28. The smallest absolute Gasteiger partial charge is 0.253 e. The van der Waals surface area contributed by atoms with Crippen LogP contribution in [-0.4, -0.2) is 17.4 Å². The van der Waals surface area contributed by atoms with Gasteiger partial charge in [-0.2, -0.15) is 0 Å². The van der Waals surface area contributed by atoms with Crippen molar-refractivity contribution in [3.63, 3.8) is 0 Å². The number of aromatic nitrogens is 1. The van der Waals surface area contributed by atoms with Crippen LogP contribution in [0.2, 0.25) is 0 Å². The number of hydrazine groups is 1. The SMILES string of the molecule is CC1(C)CC1CNC(=O)c1ccncc1NN. The number of amides is 1. The van der Waals surface area contributed by atoms with Crippen LogP contribution in [0.15, 0.2) is 18.5 Å². The minimum Gasteiger partial charge on any atom is -0.352 e. The van der Waals surface area contributed by atoms with E-state index in [0.717, 1.165) is 6.54 Å². The van der Waals surface area contributed by atoms with Gasteiger partial charge in [-0.3, -0.25) is 15.6 Å². The first-order valence-corrected chi connectivity index (χ1v) is 5.73. The van der Waals surface area contributed by atoms with E-state index >= 15 is 0 Å². The molecular weight excluding hydrogens is 216 g/mol. The van der Waals surface area contributed by atoms with Gasteiger partial charge in [0.1, 0.15) is 0 Å². The summed E-state index contributed by atoms with van der Waals surface area (Å²) >= 11 is 0. The maximum atomic E-state index is 11.9. The number of carbonyl (C=O) groups is 1. The molecule has 1 aromatic heterocycles. The van der Waals surface area contributed by atoms with Crippen molar-refractivity contribution in [3.05, 3.63) is 24.0 Å². The van der Waals surface area contributed by atoms with Crippen LogP contribution in [0, 0.1) is 11.3 Å². The van der Waals surface area contributed by atoms with Crippen molar-refractivity contribution in [2.75, 3.05) is 12.0 Å². The lowest BCUT2D eigenvalue weighted by atomic mass is 10.1. The number of rotatable bonds is 4. The molecule has 17 heavy (non-hydrogen) atoms. The zero-order valence-corrected chi connectivity index (χ0v) is 10.2. The topological polar surface area (TPSA) is 80.0 Å². The summed E-state index contributed by atoms with van der Waals surface area (Å²) in [6, 6.07) is 1.66. The van der Waals surface area contributed by atoms with E-state index in [-0.39, 0.29) is 5.91 Å². The maximum Gasteiger partial charge on any atom is 0.253 e. The summed E-state index contributed by atoms with van der Waals surface area (Å²) in [5.74, 6) is 5.81. The van der Waals surface area contributed by atoms with Gasteiger partial charge in [-0.05, 0) is 23.8 Å². The Labute approximate surface area is 101 Å². The molecule has 4 N–H and O–H groups in total. The average Bonchev–Trinajstić information content (AvgIpc) is 2.94. The molecule has 0 aromatic carbocycles. The number of hydrogen-bond acceptors (Lipinski definition) is 4. The first-order valence-electron chi connectivity index (χ1n) is 5.73. The van der Waals surface area contributed by atoms with E-state index in [1.807, 2.05) is 0 Å². The fourth-order valence-electron chi connectivity index (χ4n) is 1.94. The van der Waals surface area contributed by atoms with Gasteiger partial charge in [0.25, 0.3) is 5.91 Å². The lowest BCUT2D eigenvalue weighted by molar-refractivity contribution is 0.0951. The van der Waals surface area contributed by atoms with Crippen molar-refractivity contribution in [2.45, 2.75) is 20.3 Å². The summed E-state index contributed by atoms with van der Waals surface area (Å²) in [5.41, 5.74) is 3.92. The second-order valence-electron chi connectivity index (χ2n) is 5.17. The first-order chi connectivity index (χ1) is 8.04. The number of nitrogens with zero attached hydrogens (tertiary/aromatic N) is 1. The Morgan fingerprint density at radius 3 is 2.94 bits per heavy atom. The first kappa shape index (κ1) is 11.9. The normalized spacial score (nSPS) is 20.8. The molecular formula is C12H18N4O. The molecule has 2 rings (SSSR count). The summed E-state index contributed by atoms with van der Waals surface area (Å²) in [6.45, 7) is 5.14. The quantitative estimate of drug-likeness (QED) is 0.539. The Morgan fingerprint density at radius 1 is 1.65 bits per heavy atom. The number of nitrogen functional groups attached to an aromatic ring is 1. The Hall–Kier alpha value is -1.62. The van der Waals surface area contributed by atoms with E-state index in [9.17, 15) is 4.79 Å². The van der Waals surface area contributed by atoms with Crippen molar-refractivity contribution in [2.24, 2.45) is 17.2 Å². The van der Waals surface area contributed by atoms with Gasteiger partial charge >= 0.3 is 0 Å². The number of anilines is 1. The molecule has 1 fully saturated rings. The Bertz CT molecular complexity index is 430. The number of carbonyl (C=O) groups excluding carboxylic acids is 1. The van der Waals surface area contributed by atoms with Crippen molar-refractivity contribution < 1.29 is 4.79 Å². The van der Waals surface area contributed by atoms with Gasteiger partial charge in [0.05, 0.1) is 17.4 Å². The number of nitrogens with one attached hydrogen (secondary N) is 2. The third kappa shape index (κ3) is 2.55. The zero-order chi connectivity index (χ0) is 12.5. The fraction of sp³-hybridized carbons (Fsp3) is 0.500. The summed E-state index contributed by atoms with van der Waals surface area (Å²) in [7, 11) is 0. The monoisotopic (exact) mass is 234 g/mol. The third-order valence-electron chi connectivity index (χ3n) is 3.45. The van der Waals surface area contributed by atoms with E-state index in [4.69, 9.17) is 5.84 Å². The molecule has 1 heterocycles. The lowest BCUT2D eigenvalue weighted by Gasteiger charge is -2.09. The molecule has 1 unspecified atom stereocenters. The summed E-state index contributed by atoms with van der Waals surface area (Å²) in [4.78, 5) is 15.8. The van der Waals surface area contributed by atoms with Gasteiger partial charge in [-0.1, -0.05) is 13.8 Å². The highest BCUT2D eigenvalue weighted by atomic mass is 16.1. The second kappa shape index (κ2) is 4.33. The van der Waals surface area contributed by atoms with Crippen LogP contribution in [0.4, 0.5) is 5.69 Å². The molecule has 0 radical (unpaired) electrons. The molecule has 1 atom stereocenters. The van der Waals surface area contributed by atoms with Crippen LogP contribution < -0.4 is 16.6 Å². The minimum atomic E-state index is -0.108. The molecule has 1 aromatic rings. The predicted molar refractivity (Wildman–Crippen MR) is 66.3 cm³/mol. The van der Waals surface area contributed by atoms with Crippen LogP contribution in [0.25, 0.3) is 0 Å². The molecule has 0 bridgehead atoms. The van der Waals surface area contributed by atoms with Crippen molar-refractivity contribution in [1.82, 2.24) is 10.3 Å². The fourth-order valence-corrected chi connectivity index (χ4v) is 1.94. The Kier molecular flexibility index (Phi) is 3.02. The average molecular weight is 234 g/mol. The third-order valence-corrected chi connectivity index (χ3v) is 3.45. The van der Waals surface area contributed by atoms with E-state index < -0.39 is 0 Å². The molecule has 1 amide bonds. The van der Waals surface area contributed by atoms with Crippen LogP contribution >= 0.6 is 0 Å². The highest BCUT2D eigenvalue weighted by molar-refractivity contribution is 5.99. The highest BCUT2D eigenvalue weighted by Gasteiger charge is 2.45. The summed E-state index contributed by atoms with van der Waals surface area (Å²) in [6.07, 6.45) is 4.29. The minimum absolute atomic E-state index is 0.108. The zero-order valence-electron chi connectivity index (χ0n) is 10.2. The largest absolute Gasteiger partial charge is 0.352 e. The highest BCUT2D eigenvalue weighted by Crippen LogP contribution is 2.50. The standard InChI is InChI=1S/C12H18N4O/c1-12(2)5-8(12)6-15-11(17)9-3-4-14-7-10(9)16-13/h3-4,7-8,16H,5-6,13H2,1-2H3,(H,15,17). The van der Waals surface area contributed by atoms with E-state index in [2.05, 4.69) is 29.6 Å². The van der Waals surface area contributed by atoms with Gasteiger partial charge in [0, 0.05) is 12.7 Å². The van der Waals surface area contributed by atoms with E-state index in [1.54, 1.807) is 12.3 Å². The molecule has 1 saturated carbocycles. The Balaban J connectivity index is 1.95. The molecule has 0 aliphatic heterocycles. The van der Waals surface area contributed by atoms with Crippen LogP contribution in [0.3, 0.4) is 0 Å². The molecule has 1 aliphatic carbocycles. The Morgan fingerprint density at radius 2 is 2.35 bits per heavy atom. The van der Waals surface area contributed by atoms with Crippen LogP contribution in [0.5, 0.6) is 0 Å². The van der Waals surface area contributed by atoms with Gasteiger partial charge < -0.3 is 10.7 Å². The van der Waals surface area contributed by atoms with Crippen molar-refractivity contribution in [1.29, 1.82) is 0 Å². The van der Waals surface area contributed by atoms with Crippen molar-refractivity contribution >= 4 is 11.6 Å². The summed E-state index contributed by atoms with van der Waals surface area (Å²) in [5, 5.41) is 2.93. The predicted octanol–water partition coefficient (Wildman–Crippen LogP) is 1.14. The number of nitrogens with two attached hydrogens (primary N) is 1. The molecule has 1 aliphatic rings. The van der Waals surface area contributed by atoms with E-state index in [1.165, 1.54) is 12.6 Å². The molecule has 5 nitrogen and oxygen atoms in total. The van der Waals surface area contributed by atoms with E-state index in [0.29, 0.717) is 22.6 Å². The molecule has 0 saturated heterocycles. The van der Waals surface area contributed by atoms with Gasteiger partial charge in [-0.15, -0.1) is 0 Å². The number of pyridine rings is 1.